The van der Waals surface area contributed by atoms with E-state index in [0.29, 0.717) is 21.5 Å². The number of carbonyl (C=O) groups excluding carboxylic acids is 1. The molecule has 0 aliphatic heterocycles. The Morgan fingerprint density at radius 1 is 1.09 bits per heavy atom. The molecule has 0 aliphatic rings. The predicted molar refractivity (Wildman–Crippen MR) is 95.0 cm³/mol. The van der Waals surface area contributed by atoms with Crippen LogP contribution in [0.25, 0.3) is 0 Å². The van der Waals surface area contributed by atoms with Crippen molar-refractivity contribution < 1.29 is 9.53 Å². The summed E-state index contributed by atoms with van der Waals surface area (Å²) in [5, 5.41) is 6.54. The highest BCUT2D eigenvalue weighted by Gasteiger charge is 2.08. The number of hydrogen-bond acceptors (Lipinski definition) is 2. The minimum Gasteiger partial charge on any atom is -0.473 e. The fourth-order valence-electron chi connectivity index (χ4n) is 1.94. The number of halogens is 3. The molecular weight excluding hydrogens is 359 g/mol. The molecule has 0 saturated carbocycles. The molecule has 2 aromatic carbocycles. The zero-order chi connectivity index (χ0) is 17.0. The van der Waals surface area contributed by atoms with Gasteiger partial charge in [0.15, 0.2) is 6.73 Å². The Kier molecular flexibility index (Phi) is 5.99. The number of anilines is 1. The lowest BCUT2D eigenvalue weighted by Crippen LogP contribution is -2.32. The summed E-state index contributed by atoms with van der Waals surface area (Å²) in [6.45, 7) is 3.79. The van der Waals surface area contributed by atoms with Gasteiger partial charge in [0.05, 0.1) is 15.7 Å². The first-order valence-corrected chi connectivity index (χ1v) is 7.90. The number of amides is 2. The van der Waals surface area contributed by atoms with Gasteiger partial charge in [0.2, 0.25) is 0 Å². The van der Waals surface area contributed by atoms with Crippen LogP contribution >= 0.6 is 34.8 Å². The molecule has 7 heteroatoms. The fraction of sp³-hybridized carbons (Fsp3) is 0.188. The monoisotopic (exact) mass is 372 g/mol. The highest BCUT2D eigenvalue weighted by Crippen LogP contribution is 2.29. The van der Waals surface area contributed by atoms with Gasteiger partial charge in [0.25, 0.3) is 0 Å². The van der Waals surface area contributed by atoms with Crippen molar-refractivity contribution in [2.75, 3.05) is 12.0 Å². The first kappa shape index (κ1) is 17.7. The molecule has 122 valence electrons. The summed E-state index contributed by atoms with van der Waals surface area (Å²) in [7, 11) is 0. The van der Waals surface area contributed by atoms with Crippen molar-refractivity contribution in [2.45, 2.75) is 13.8 Å². The summed E-state index contributed by atoms with van der Waals surface area (Å²) in [5.74, 6) is 0.630. The maximum absolute atomic E-state index is 11.8. The van der Waals surface area contributed by atoms with Crippen LogP contribution in [0.2, 0.25) is 15.1 Å². The van der Waals surface area contributed by atoms with Crippen molar-refractivity contribution in [3.8, 4) is 5.75 Å². The Hall–Kier alpha value is -1.62. The van der Waals surface area contributed by atoms with Crippen molar-refractivity contribution in [2.24, 2.45) is 0 Å². The molecule has 0 bridgehead atoms. The number of ether oxygens (including phenoxy) is 1. The molecule has 2 rings (SSSR count). The van der Waals surface area contributed by atoms with E-state index in [-0.39, 0.29) is 11.8 Å². The summed E-state index contributed by atoms with van der Waals surface area (Å²) < 4.78 is 5.50. The van der Waals surface area contributed by atoms with Crippen LogP contribution in [0.1, 0.15) is 11.1 Å². The van der Waals surface area contributed by atoms with Gasteiger partial charge in [-0.3, -0.25) is 0 Å². The highest BCUT2D eigenvalue weighted by molar-refractivity contribution is 6.43. The average Bonchev–Trinajstić information content (AvgIpc) is 2.49. The van der Waals surface area contributed by atoms with Crippen molar-refractivity contribution in [1.29, 1.82) is 0 Å². The summed E-state index contributed by atoms with van der Waals surface area (Å²) in [6.07, 6.45) is 0. The smallest absolute Gasteiger partial charge is 0.321 e. The minimum atomic E-state index is -0.448. The van der Waals surface area contributed by atoms with Gasteiger partial charge in [0.1, 0.15) is 5.75 Å². The van der Waals surface area contributed by atoms with Crippen LogP contribution in [0, 0.1) is 13.8 Å². The Labute approximate surface area is 149 Å². The third kappa shape index (κ3) is 4.67. The number of rotatable bonds is 4. The van der Waals surface area contributed by atoms with E-state index >= 15 is 0 Å². The second-order valence-electron chi connectivity index (χ2n) is 4.89. The Bertz CT molecular complexity index is 712. The van der Waals surface area contributed by atoms with Crippen LogP contribution in [0.3, 0.4) is 0 Å². The van der Waals surface area contributed by atoms with Gasteiger partial charge >= 0.3 is 6.03 Å². The summed E-state index contributed by atoms with van der Waals surface area (Å²) in [6, 6.07) is 8.16. The first-order chi connectivity index (χ1) is 10.9. The van der Waals surface area contributed by atoms with E-state index in [4.69, 9.17) is 39.5 Å². The van der Waals surface area contributed by atoms with Gasteiger partial charge in [0, 0.05) is 5.02 Å². The van der Waals surface area contributed by atoms with E-state index in [1.807, 2.05) is 26.0 Å². The van der Waals surface area contributed by atoms with Gasteiger partial charge in [-0.05, 0) is 49.2 Å². The Morgan fingerprint density at radius 3 is 2.39 bits per heavy atom. The Balaban J connectivity index is 1.89. The molecule has 0 unspecified atom stereocenters. The fourth-order valence-corrected chi connectivity index (χ4v) is 2.40. The number of carbonyl (C=O) groups is 1. The van der Waals surface area contributed by atoms with Crippen LogP contribution < -0.4 is 15.4 Å². The first-order valence-electron chi connectivity index (χ1n) is 6.77. The average molecular weight is 374 g/mol. The molecular formula is C16H15Cl3N2O2. The molecule has 4 nitrogen and oxygen atoms in total. The zero-order valence-electron chi connectivity index (χ0n) is 12.5. The van der Waals surface area contributed by atoms with Crippen LogP contribution in [0.5, 0.6) is 5.75 Å². The van der Waals surface area contributed by atoms with E-state index in [2.05, 4.69) is 10.6 Å². The van der Waals surface area contributed by atoms with Gasteiger partial charge < -0.3 is 15.4 Å². The lowest BCUT2D eigenvalue weighted by molar-refractivity contribution is 0.234. The normalized spacial score (nSPS) is 10.3. The lowest BCUT2D eigenvalue weighted by Gasteiger charge is -2.12. The second kappa shape index (κ2) is 7.77. The van der Waals surface area contributed by atoms with Gasteiger partial charge in [-0.2, -0.15) is 0 Å². The SMILES string of the molecule is Cc1cc(OCNC(=O)Nc2cccc(Cl)c2Cl)cc(C)c1Cl. The molecule has 0 saturated heterocycles. The standard InChI is InChI=1S/C16H15Cl3N2O2/c1-9-6-11(7-10(2)14(9)18)23-8-20-16(22)21-13-5-3-4-12(17)15(13)19/h3-7H,8H2,1-2H3,(H2,20,21,22). The molecule has 0 radical (unpaired) electrons. The van der Waals surface area contributed by atoms with E-state index in [9.17, 15) is 4.79 Å². The van der Waals surface area contributed by atoms with Crippen molar-refractivity contribution >= 4 is 46.5 Å². The lowest BCUT2D eigenvalue weighted by atomic mass is 10.1. The zero-order valence-corrected chi connectivity index (χ0v) is 14.8. The number of nitrogens with one attached hydrogen (secondary N) is 2. The van der Waals surface area contributed by atoms with E-state index in [1.54, 1.807) is 18.2 Å². The Morgan fingerprint density at radius 2 is 1.74 bits per heavy atom. The molecule has 0 atom stereocenters. The summed E-state index contributed by atoms with van der Waals surface area (Å²) >= 11 is 18.0. The molecule has 2 amide bonds. The molecule has 2 N–H and O–H groups in total. The number of benzene rings is 2. The molecule has 2 aromatic rings. The predicted octanol–water partition coefficient (Wildman–Crippen LogP) is 5.42. The minimum absolute atomic E-state index is 0.00449. The van der Waals surface area contributed by atoms with E-state index in [1.165, 1.54) is 0 Å². The van der Waals surface area contributed by atoms with Crippen molar-refractivity contribution in [3.63, 3.8) is 0 Å². The maximum Gasteiger partial charge on any atom is 0.321 e. The van der Waals surface area contributed by atoms with Gasteiger partial charge in [-0.25, -0.2) is 4.79 Å². The van der Waals surface area contributed by atoms with Crippen molar-refractivity contribution in [1.82, 2.24) is 5.32 Å². The highest BCUT2D eigenvalue weighted by atomic mass is 35.5. The summed E-state index contributed by atoms with van der Waals surface area (Å²) in [4.78, 5) is 11.8. The van der Waals surface area contributed by atoms with Crippen LogP contribution in [0.15, 0.2) is 30.3 Å². The van der Waals surface area contributed by atoms with Gasteiger partial charge in [-0.1, -0.05) is 40.9 Å². The molecule has 0 aliphatic carbocycles. The quantitative estimate of drug-likeness (QED) is 0.703. The molecule has 0 spiro atoms. The summed E-state index contributed by atoms with van der Waals surface area (Å²) in [5.41, 5.74) is 2.25. The van der Waals surface area contributed by atoms with Crippen LogP contribution in [0.4, 0.5) is 10.5 Å². The van der Waals surface area contributed by atoms with E-state index < -0.39 is 6.03 Å². The van der Waals surface area contributed by atoms with Crippen molar-refractivity contribution in [3.05, 3.63) is 56.5 Å². The van der Waals surface area contributed by atoms with Crippen LogP contribution in [-0.4, -0.2) is 12.8 Å². The number of aryl methyl sites for hydroxylation is 2. The number of hydrogen-bond donors (Lipinski definition) is 2. The largest absolute Gasteiger partial charge is 0.473 e. The third-order valence-electron chi connectivity index (χ3n) is 3.08. The number of urea groups is 1. The maximum atomic E-state index is 11.8. The third-order valence-corrected chi connectivity index (χ3v) is 4.50. The second-order valence-corrected chi connectivity index (χ2v) is 6.06. The molecule has 0 fully saturated rings. The van der Waals surface area contributed by atoms with E-state index in [0.717, 1.165) is 11.1 Å². The van der Waals surface area contributed by atoms with Crippen LogP contribution in [-0.2, 0) is 0 Å². The van der Waals surface area contributed by atoms with Gasteiger partial charge in [-0.15, -0.1) is 0 Å². The molecule has 0 aromatic heterocycles. The molecule has 0 heterocycles. The molecule has 23 heavy (non-hydrogen) atoms. The topological polar surface area (TPSA) is 50.4 Å².